The van der Waals surface area contributed by atoms with Gasteiger partial charge in [0.05, 0.1) is 11.7 Å². The van der Waals surface area contributed by atoms with E-state index in [0.717, 1.165) is 10.6 Å². The Morgan fingerprint density at radius 3 is 3.05 bits per heavy atom. The second-order valence-electron chi connectivity index (χ2n) is 4.58. The first kappa shape index (κ1) is 12.3. The molecule has 1 aromatic carbocycles. The summed E-state index contributed by atoms with van der Waals surface area (Å²) in [5.74, 6) is -0.180. The van der Waals surface area contributed by atoms with E-state index >= 15 is 0 Å². The highest BCUT2D eigenvalue weighted by Gasteiger charge is 2.42. The molecule has 1 unspecified atom stereocenters. The number of carbonyl (C=O) groups is 2. The molecule has 19 heavy (non-hydrogen) atoms. The fourth-order valence-electron chi connectivity index (χ4n) is 2.46. The van der Waals surface area contributed by atoms with Crippen LogP contribution in [0.2, 0.25) is 0 Å². The summed E-state index contributed by atoms with van der Waals surface area (Å²) in [6.07, 6.45) is 0. The van der Waals surface area contributed by atoms with Crippen LogP contribution in [0.25, 0.3) is 0 Å². The van der Waals surface area contributed by atoms with Crippen molar-refractivity contribution in [2.24, 2.45) is 5.73 Å². The number of nitrogens with two attached hydrogens (primary N) is 1. The Morgan fingerprint density at radius 1 is 1.53 bits per heavy atom. The molecule has 7 heteroatoms. The monoisotopic (exact) mass is 281 g/mol. The molecule has 0 aliphatic carbocycles. The summed E-state index contributed by atoms with van der Waals surface area (Å²) in [5.41, 5.74) is 5.71. The van der Waals surface area contributed by atoms with Gasteiger partial charge >= 0.3 is 6.03 Å². The van der Waals surface area contributed by atoms with E-state index in [1.54, 1.807) is 22.7 Å². The van der Waals surface area contributed by atoms with E-state index < -0.39 is 5.91 Å². The molecule has 3 rings (SSSR count). The van der Waals surface area contributed by atoms with Crippen molar-refractivity contribution in [3.63, 3.8) is 0 Å². The first-order valence-corrected chi connectivity index (χ1v) is 6.83. The summed E-state index contributed by atoms with van der Waals surface area (Å²) in [6, 6.07) is 4.10. The fraction of sp³-hybridized carbons (Fsp3) is 0.333. The number of fused-ring (bicyclic) bond motifs is 3. The molecule has 1 fully saturated rings. The standard InChI is InChI=1S/C12H12FN3O2S/c13-7-1-2-10-9(3-7)16-8(6-19-10)4-15(12(16)18)5-11(14)17/h1-3,8H,4-6H2,(H2,14,17). The van der Waals surface area contributed by atoms with Crippen LogP contribution in [0.15, 0.2) is 23.1 Å². The molecule has 1 saturated heterocycles. The number of carbonyl (C=O) groups excluding carboxylic acids is 2. The number of benzene rings is 1. The third kappa shape index (κ3) is 2.03. The second kappa shape index (κ2) is 4.41. The molecule has 0 saturated carbocycles. The summed E-state index contributed by atoms with van der Waals surface area (Å²) in [5, 5.41) is 0. The molecule has 1 aromatic rings. The number of amides is 3. The van der Waals surface area contributed by atoms with E-state index in [2.05, 4.69) is 0 Å². The van der Waals surface area contributed by atoms with Gasteiger partial charge in [-0.2, -0.15) is 0 Å². The van der Waals surface area contributed by atoms with Crippen LogP contribution in [-0.4, -0.2) is 41.7 Å². The van der Waals surface area contributed by atoms with E-state index in [-0.39, 0.29) is 24.4 Å². The maximum absolute atomic E-state index is 13.4. The van der Waals surface area contributed by atoms with Crippen molar-refractivity contribution >= 4 is 29.4 Å². The van der Waals surface area contributed by atoms with Gasteiger partial charge in [-0.15, -0.1) is 11.8 Å². The summed E-state index contributed by atoms with van der Waals surface area (Å²) >= 11 is 1.59. The molecule has 2 aliphatic heterocycles. The van der Waals surface area contributed by atoms with Crippen LogP contribution in [-0.2, 0) is 4.79 Å². The average Bonchev–Trinajstić information content (AvgIpc) is 2.66. The zero-order valence-electron chi connectivity index (χ0n) is 10.0. The number of urea groups is 1. The predicted molar refractivity (Wildman–Crippen MR) is 69.6 cm³/mol. The van der Waals surface area contributed by atoms with Gasteiger partial charge in [0.15, 0.2) is 0 Å². The number of nitrogens with zero attached hydrogens (tertiary/aromatic N) is 2. The first-order valence-electron chi connectivity index (χ1n) is 5.85. The van der Waals surface area contributed by atoms with Crippen LogP contribution in [0, 0.1) is 5.82 Å². The molecule has 2 heterocycles. The molecule has 0 bridgehead atoms. The van der Waals surface area contributed by atoms with Gasteiger partial charge in [-0.25, -0.2) is 9.18 Å². The Morgan fingerprint density at radius 2 is 2.32 bits per heavy atom. The Bertz CT molecular complexity index is 566. The van der Waals surface area contributed by atoms with Gasteiger partial charge in [0.1, 0.15) is 12.4 Å². The summed E-state index contributed by atoms with van der Waals surface area (Å²) in [6.45, 7) is 0.353. The van der Waals surface area contributed by atoms with Crippen molar-refractivity contribution in [3.8, 4) is 0 Å². The van der Waals surface area contributed by atoms with Crippen molar-refractivity contribution in [2.75, 3.05) is 23.7 Å². The molecule has 0 aromatic heterocycles. The average molecular weight is 281 g/mol. The maximum Gasteiger partial charge on any atom is 0.325 e. The zero-order valence-corrected chi connectivity index (χ0v) is 10.8. The molecule has 3 amide bonds. The Kier molecular flexibility index (Phi) is 2.85. The lowest BCUT2D eigenvalue weighted by Gasteiger charge is -2.29. The minimum Gasteiger partial charge on any atom is -0.368 e. The van der Waals surface area contributed by atoms with E-state index in [1.807, 2.05) is 0 Å². The molecule has 0 spiro atoms. The lowest BCUT2D eigenvalue weighted by Crippen LogP contribution is -2.40. The van der Waals surface area contributed by atoms with Crippen molar-refractivity contribution < 1.29 is 14.0 Å². The number of anilines is 1. The topological polar surface area (TPSA) is 66.6 Å². The SMILES string of the molecule is NC(=O)CN1CC2CSc3ccc(F)cc3N2C1=O. The first-order chi connectivity index (χ1) is 9.06. The Hall–Kier alpha value is -1.76. The minimum absolute atomic E-state index is 0.0360. The fourth-order valence-corrected chi connectivity index (χ4v) is 3.55. The van der Waals surface area contributed by atoms with Crippen molar-refractivity contribution in [2.45, 2.75) is 10.9 Å². The van der Waals surface area contributed by atoms with Crippen LogP contribution >= 0.6 is 11.8 Å². The normalized spacial score (nSPS) is 21.3. The van der Waals surface area contributed by atoms with Gasteiger partial charge < -0.3 is 10.6 Å². The maximum atomic E-state index is 13.4. The highest BCUT2D eigenvalue weighted by molar-refractivity contribution is 7.99. The number of rotatable bonds is 2. The van der Waals surface area contributed by atoms with Crippen molar-refractivity contribution in [1.29, 1.82) is 0 Å². The van der Waals surface area contributed by atoms with Gasteiger partial charge in [-0.05, 0) is 18.2 Å². The van der Waals surface area contributed by atoms with E-state index in [0.29, 0.717) is 12.2 Å². The highest BCUT2D eigenvalue weighted by atomic mass is 32.2. The summed E-state index contributed by atoms with van der Waals surface area (Å²) in [7, 11) is 0. The number of primary amides is 1. The van der Waals surface area contributed by atoms with Gasteiger partial charge in [-0.1, -0.05) is 0 Å². The van der Waals surface area contributed by atoms with Crippen LogP contribution < -0.4 is 10.6 Å². The van der Waals surface area contributed by atoms with E-state index in [9.17, 15) is 14.0 Å². The molecule has 0 radical (unpaired) electrons. The number of halogens is 1. The van der Waals surface area contributed by atoms with E-state index in [1.165, 1.54) is 17.0 Å². The van der Waals surface area contributed by atoms with Crippen LogP contribution in [0.1, 0.15) is 0 Å². The van der Waals surface area contributed by atoms with Crippen LogP contribution in [0.5, 0.6) is 0 Å². The second-order valence-corrected chi connectivity index (χ2v) is 5.64. The third-order valence-electron chi connectivity index (χ3n) is 3.23. The molecular formula is C12H12FN3O2S. The molecular weight excluding hydrogens is 269 g/mol. The molecule has 100 valence electrons. The highest BCUT2D eigenvalue weighted by Crippen LogP contribution is 2.40. The molecule has 2 aliphatic rings. The van der Waals surface area contributed by atoms with Gasteiger partial charge in [0.25, 0.3) is 0 Å². The molecule has 2 N–H and O–H groups in total. The minimum atomic E-state index is -0.541. The van der Waals surface area contributed by atoms with Crippen molar-refractivity contribution in [1.82, 2.24) is 4.90 Å². The van der Waals surface area contributed by atoms with E-state index in [4.69, 9.17) is 5.73 Å². The summed E-state index contributed by atoms with van der Waals surface area (Å²) < 4.78 is 13.4. The summed E-state index contributed by atoms with van der Waals surface area (Å²) in [4.78, 5) is 27.1. The zero-order chi connectivity index (χ0) is 13.6. The van der Waals surface area contributed by atoms with Crippen LogP contribution in [0.4, 0.5) is 14.9 Å². The van der Waals surface area contributed by atoms with Gasteiger partial charge in [0, 0.05) is 17.2 Å². The molecule has 5 nitrogen and oxygen atoms in total. The number of hydrogen-bond donors (Lipinski definition) is 1. The Balaban J connectivity index is 1.95. The predicted octanol–water partition coefficient (Wildman–Crippen LogP) is 1.03. The van der Waals surface area contributed by atoms with Gasteiger partial charge in [0.2, 0.25) is 5.91 Å². The Labute approximate surface area is 113 Å². The molecule has 1 atom stereocenters. The lowest BCUT2D eigenvalue weighted by atomic mass is 10.2. The van der Waals surface area contributed by atoms with Gasteiger partial charge in [-0.3, -0.25) is 9.69 Å². The quantitative estimate of drug-likeness (QED) is 0.880. The number of thioether (sulfide) groups is 1. The largest absolute Gasteiger partial charge is 0.368 e. The lowest BCUT2D eigenvalue weighted by molar-refractivity contribution is -0.118. The third-order valence-corrected chi connectivity index (χ3v) is 4.44. The van der Waals surface area contributed by atoms with Crippen LogP contribution in [0.3, 0.4) is 0 Å². The smallest absolute Gasteiger partial charge is 0.325 e. The number of hydrogen-bond acceptors (Lipinski definition) is 3. The van der Waals surface area contributed by atoms with Crippen molar-refractivity contribution in [3.05, 3.63) is 24.0 Å².